The highest BCUT2D eigenvalue weighted by Crippen LogP contribution is 2.27. The zero-order valence-electron chi connectivity index (χ0n) is 19.3. The number of hydrogen-bond donors (Lipinski definition) is 2. The van der Waals surface area contributed by atoms with Crippen molar-refractivity contribution in [3.8, 4) is 6.07 Å². The van der Waals surface area contributed by atoms with Crippen molar-refractivity contribution >= 4 is 21.8 Å². The molecule has 1 saturated carbocycles. The van der Waals surface area contributed by atoms with Gasteiger partial charge in [0.2, 0.25) is 16.0 Å². The number of nitrogens with one attached hydrogen (secondary N) is 2. The van der Waals surface area contributed by atoms with Crippen LogP contribution >= 0.6 is 0 Å². The molecule has 0 amide bonds. The van der Waals surface area contributed by atoms with Crippen LogP contribution in [0.2, 0.25) is 0 Å². The number of likely N-dealkylation sites (N-methyl/N-ethyl adjacent to an activating group) is 1. The van der Waals surface area contributed by atoms with Crippen LogP contribution in [0.5, 0.6) is 0 Å². The average Bonchev–Trinajstić information content (AvgIpc) is 3.44. The lowest BCUT2D eigenvalue weighted by atomic mass is 10.1. The van der Waals surface area contributed by atoms with E-state index in [1.807, 2.05) is 0 Å². The minimum Gasteiger partial charge on any atom is -0.364 e. The number of piperidine rings is 1. The molecule has 11 nitrogen and oxygen atoms in total. The smallest absolute Gasteiger partial charge is 0.246 e. The summed E-state index contributed by atoms with van der Waals surface area (Å²) < 4.78 is 28.6. The van der Waals surface area contributed by atoms with E-state index in [0.29, 0.717) is 49.3 Å². The van der Waals surface area contributed by atoms with Crippen molar-refractivity contribution in [2.45, 2.75) is 55.1 Å². The van der Waals surface area contributed by atoms with E-state index in [-0.39, 0.29) is 17.0 Å². The van der Waals surface area contributed by atoms with Crippen LogP contribution in [0.3, 0.4) is 0 Å². The fourth-order valence-corrected chi connectivity index (χ4v) is 6.11. The third-order valence-corrected chi connectivity index (χ3v) is 8.33. The summed E-state index contributed by atoms with van der Waals surface area (Å²) in [5.41, 5.74) is 0.419. The number of nitrogens with zero attached hydrogens (tertiary/aromatic N) is 7. The molecule has 4 rings (SSSR count). The molecule has 2 aromatic rings. The quantitative estimate of drug-likeness (QED) is 0.609. The zero-order chi connectivity index (χ0) is 23.6. The molecule has 33 heavy (non-hydrogen) atoms. The van der Waals surface area contributed by atoms with E-state index in [9.17, 15) is 13.7 Å². The Labute approximate surface area is 194 Å². The minimum absolute atomic E-state index is 0.0483. The Balaban J connectivity index is 1.40. The first-order valence-corrected chi connectivity index (χ1v) is 12.7. The molecule has 2 atom stereocenters. The van der Waals surface area contributed by atoms with Crippen molar-refractivity contribution < 1.29 is 8.42 Å². The summed E-state index contributed by atoms with van der Waals surface area (Å²) in [6.45, 7) is 0.811. The molecule has 2 fully saturated rings. The van der Waals surface area contributed by atoms with E-state index in [0.717, 1.165) is 19.3 Å². The highest BCUT2D eigenvalue weighted by molar-refractivity contribution is 7.89. The van der Waals surface area contributed by atoms with Crippen molar-refractivity contribution in [2.24, 2.45) is 7.05 Å². The van der Waals surface area contributed by atoms with Gasteiger partial charge in [-0.25, -0.2) is 13.4 Å². The first-order chi connectivity index (χ1) is 15.8. The summed E-state index contributed by atoms with van der Waals surface area (Å²) >= 11 is 0. The number of aromatic nitrogens is 4. The zero-order valence-corrected chi connectivity index (χ0v) is 20.1. The van der Waals surface area contributed by atoms with E-state index in [2.05, 4.69) is 50.8 Å². The first kappa shape index (κ1) is 23.4. The predicted octanol–water partition coefficient (Wildman–Crippen LogP) is 1.24. The fourth-order valence-electron chi connectivity index (χ4n) is 4.65. The molecule has 1 aliphatic heterocycles. The van der Waals surface area contributed by atoms with Crippen LogP contribution in [0.1, 0.15) is 37.7 Å². The summed E-state index contributed by atoms with van der Waals surface area (Å²) in [6, 6.07) is 2.85. The van der Waals surface area contributed by atoms with Gasteiger partial charge in [-0.3, -0.25) is 4.68 Å². The largest absolute Gasteiger partial charge is 0.364 e. The summed E-state index contributed by atoms with van der Waals surface area (Å²) in [6.07, 6.45) is 8.99. The topological polar surface area (TPSA) is 132 Å². The summed E-state index contributed by atoms with van der Waals surface area (Å²) in [7, 11) is 2.31. The monoisotopic (exact) mass is 473 g/mol. The molecule has 0 spiro atoms. The Morgan fingerprint density at radius 2 is 1.91 bits per heavy atom. The lowest BCUT2D eigenvalue weighted by Crippen LogP contribution is -2.42. The van der Waals surface area contributed by atoms with Crippen LogP contribution in [-0.4, -0.2) is 82.7 Å². The second-order valence-electron chi connectivity index (χ2n) is 8.95. The molecule has 1 saturated heterocycles. The van der Waals surface area contributed by atoms with Gasteiger partial charge in [0.25, 0.3) is 0 Å². The van der Waals surface area contributed by atoms with Gasteiger partial charge >= 0.3 is 0 Å². The maximum absolute atomic E-state index is 12.8. The summed E-state index contributed by atoms with van der Waals surface area (Å²) in [5.74, 6) is 0.995. The molecule has 1 aliphatic carbocycles. The minimum atomic E-state index is -3.54. The van der Waals surface area contributed by atoms with E-state index in [1.165, 1.54) is 21.4 Å². The van der Waals surface area contributed by atoms with Crippen molar-refractivity contribution in [1.29, 1.82) is 5.26 Å². The van der Waals surface area contributed by atoms with Crippen molar-refractivity contribution in [2.75, 3.05) is 37.8 Å². The second kappa shape index (κ2) is 9.62. The highest BCUT2D eigenvalue weighted by Gasteiger charge is 2.31. The number of nitriles is 1. The Morgan fingerprint density at radius 1 is 1.15 bits per heavy atom. The molecule has 2 unspecified atom stereocenters. The van der Waals surface area contributed by atoms with Crippen LogP contribution < -0.4 is 10.6 Å². The second-order valence-corrected chi connectivity index (χ2v) is 10.9. The van der Waals surface area contributed by atoms with Gasteiger partial charge in [0.1, 0.15) is 22.3 Å². The normalized spacial score (nSPS) is 22.4. The van der Waals surface area contributed by atoms with E-state index in [1.54, 1.807) is 13.2 Å². The molecule has 2 aromatic heterocycles. The predicted molar refractivity (Wildman–Crippen MR) is 124 cm³/mol. The molecular formula is C21H31N9O2S. The third-order valence-electron chi connectivity index (χ3n) is 6.48. The SMILES string of the molecule is CN(C)C1CCCC1Nc1nc(NC2CCN(S(=O)(=O)c3cnn(C)c3)CC2)ncc1C#N. The Bertz CT molecular complexity index is 1120. The van der Waals surface area contributed by atoms with E-state index >= 15 is 0 Å². The van der Waals surface area contributed by atoms with Gasteiger partial charge in [0.05, 0.1) is 12.4 Å². The van der Waals surface area contributed by atoms with Crippen molar-refractivity contribution in [3.05, 3.63) is 24.2 Å². The van der Waals surface area contributed by atoms with Crippen LogP contribution in [0.4, 0.5) is 11.8 Å². The van der Waals surface area contributed by atoms with Gasteiger partial charge in [-0.05, 0) is 46.2 Å². The number of hydrogen-bond acceptors (Lipinski definition) is 9. The summed E-state index contributed by atoms with van der Waals surface area (Å²) in [5, 5.41) is 20.3. The lowest BCUT2D eigenvalue weighted by Gasteiger charge is -2.31. The van der Waals surface area contributed by atoms with Gasteiger partial charge in [0, 0.05) is 44.5 Å². The van der Waals surface area contributed by atoms with E-state index in [4.69, 9.17) is 0 Å². The number of sulfonamides is 1. The molecule has 0 aromatic carbocycles. The van der Waals surface area contributed by atoms with Crippen LogP contribution in [0.25, 0.3) is 0 Å². The molecule has 12 heteroatoms. The Kier molecular flexibility index (Phi) is 6.83. The lowest BCUT2D eigenvalue weighted by molar-refractivity contribution is 0.285. The van der Waals surface area contributed by atoms with E-state index < -0.39 is 10.0 Å². The van der Waals surface area contributed by atoms with Gasteiger partial charge in [-0.1, -0.05) is 0 Å². The number of anilines is 2. The first-order valence-electron chi connectivity index (χ1n) is 11.2. The molecule has 3 heterocycles. The maximum Gasteiger partial charge on any atom is 0.246 e. The van der Waals surface area contributed by atoms with Gasteiger partial charge in [-0.15, -0.1) is 0 Å². The third kappa shape index (κ3) is 5.10. The van der Waals surface area contributed by atoms with Crippen molar-refractivity contribution in [3.63, 3.8) is 0 Å². The molecular weight excluding hydrogens is 442 g/mol. The van der Waals surface area contributed by atoms with Gasteiger partial charge < -0.3 is 15.5 Å². The Hall–Kier alpha value is -2.75. The highest BCUT2D eigenvalue weighted by atomic mass is 32.2. The molecule has 0 bridgehead atoms. The van der Waals surface area contributed by atoms with Crippen LogP contribution in [-0.2, 0) is 17.1 Å². The summed E-state index contributed by atoms with van der Waals surface area (Å²) in [4.78, 5) is 11.3. The molecule has 0 radical (unpaired) electrons. The van der Waals surface area contributed by atoms with Crippen molar-refractivity contribution in [1.82, 2.24) is 29.0 Å². The van der Waals surface area contributed by atoms with Crippen LogP contribution in [0, 0.1) is 11.3 Å². The maximum atomic E-state index is 12.8. The molecule has 178 valence electrons. The van der Waals surface area contributed by atoms with Crippen LogP contribution in [0.15, 0.2) is 23.5 Å². The standard InChI is InChI=1S/C21H31N9O2S/c1-28(2)19-6-4-5-18(19)26-20-15(11-22)12-23-21(27-20)25-16-7-9-30(10-8-16)33(31,32)17-13-24-29(3)14-17/h12-14,16,18-19H,4-10H2,1-3H3,(H2,23,25,26,27). The average molecular weight is 474 g/mol. The Morgan fingerprint density at radius 3 is 2.55 bits per heavy atom. The van der Waals surface area contributed by atoms with Gasteiger partial charge in [-0.2, -0.15) is 19.6 Å². The number of aryl methyl sites for hydroxylation is 1. The van der Waals surface area contributed by atoms with Gasteiger partial charge in [0.15, 0.2) is 0 Å². The number of rotatable bonds is 7. The molecule has 2 N–H and O–H groups in total. The fraction of sp³-hybridized carbons (Fsp3) is 0.619. The molecule has 2 aliphatic rings.